The van der Waals surface area contributed by atoms with Crippen molar-refractivity contribution in [1.82, 2.24) is 14.2 Å². The van der Waals surface area contributed by atoms with Crippen molar-refractivity contribution in [2.24, 2.45) is 0 Å². The monoisotopic (exact) mass is 656 g/mol. The molecule has 1 N–H and O–H groups in total. The molecule has 1 amide bonds. The molecule has 10 heteroatoms. The molecular formula is C35H36N4O3S3. The number of hydrogen-bond acceptors (Lipinski definition) is 7. The number of thiazole rings is 1. The van der Waals surface area contributed by atoms with E-state index in [-0.39, 0.29) is 16.8 Å². The molecule has 7 rings (SSSR count). The van der Waals surface area contributed by atoms with E-state index in [0.717, 1.165) is 77.5 Å². The molecule has 1 atom stereocenters. The zero-order chi connectivity index (χ0) is 31.0. The standard InChI is InChI=1S/C35H36N4O3S3/c1-2-26-12-8-9-20-39(26)45(41,42)27-17-15-25(16-18-27)33(40)37-35-32(34-36-29-13-6-7-14-30(29)43-34)28-19-21-38(23-31(28)44-35)22-24-10-4-3-5-11-24/h3-7,10-11,13-18,26H,2,8-9,12,19-23H2,1H3,(H,37,40)/t26-/m0/s1. The van der Waals surface area contributed by atoms with Crippen LogP contribution in [-0.2, 0) is 29.5 Å². The maximum atomic E-state index is 13.7. The average molecular weight is 657 g/mol. The van der Waals surface area contributed by atoms with Crippen LogP contribution in [0.2, 0.25) is 0 Å². The van der Waals surface area contributed by atoms with Crippen LogP contribution in [0.5, 0.6) is 0 Å². The Hall–Kier alpha value is -3.41. The van der Waals surface area contributed by atoms with Crippen LogP contribution in [0.15, 0.2) is 83.8 Å². The number of hydrogen-bond donors (Lipinski definition) is 1. The molecule has 232 valence electrons. The van der Waals surface area contributed by atoms with Crippen LogP contribution in [0.1, 0.15) is 59.0 Å². The van der Waals surface area contributed by atoms with Crippen molar-refractivity contribution >= 4 is 53.8 Å². The predicted octanol–water partition coefficient (Wildman–Crippen LogP) is 7.79. The molecule has 0 saturated carbocycles. The van der Waals surface area contributed by atoms with Crippen LogP contribution in [0.25, 0.3) is 20.8 Å². The summed E-state index contributed by atoms with van der Waals surface area (Å²) >= 11 is 3.27. The van der Waals surface area contributed by atoms with Crippen molar-refractivity contribution in [3.63, 3.8) is 0 Å². The van der Waals surface area contributed by atoms with Crippen LogP contribution >= 0.6 is 22.7 Å². The van der Waals surface area contributed by atoms with Gasteiger partial charge in [-0.25, -0.2) is 13.4 Å². The van der Waals surface area contributed by atoms with Gasteiger partial charge in [0.2, 0.25) is 10.0 Å². The Labute approximate surface area is 272 Å². The van der Waals surface area contributed by atoms with E-state index in [2.05, 4.69) is 40.5 Å². The molecule has 2 aliphatic heterocycles. The Balaban J connectivity index is 1.17. The zero-order valence-electron chi connectivity index (χ0n) is 25.2. The largest absolute Gasteiger partial charge is 0.313 e. The van der Waals surface area contributed by atoms with Gasteiger partial charge in [0, 0.05) is 48.2 Å². The third-order valence-electron chi connectivity index (χ3n) is 8.89. The molecule has 7 nitrogen and oxygen atoms in total. The minimum Gasteiger partial charge on any atom is -0.313 e. The van der Waals surface area contributed by atoms with E-state index in [0.29, 0.717) is 12.1 Å². The second kappa shape index (κ2) is 12.8. The first-order valence-electron chi connectivity index (χ1n) is 15.6. The maximum absolute atomic E-state index is 13.7. The van der Waals surface area contributed by atoms with Gasteiger partial charge in [-0.1, -0.05) is 55.8 Å². The number of piperidine rings is 1. The number of thiophene rings is 1. The molecule has 2 aliphatic rings. The molecule has 0 spiro atoms. The lowest BCUT2D eigenvalue weighted by molar-refractivity contribution is 0.102. The van der Waals surface area contributed by atoms with E-state index in [1.54, 1.807) is 51.2 Å². The summed E-state index contributed by atoms with van der Waals surface area (Å²) < 4.78 is 29.7. The molecule has 2 aromatic heterocycles. The molecule has 0 unspecified atom stereocenters. The predicted molar refractivity (Wildman–Crippen MR) is 183 cm³/mol. The second-order valence-electron chi connectivity index (χ2n) is 11.8. The number of amides is 1. The summed E-state index contributed by atoms with van der Waals surface area (Å²) in [5.41, 5.74) is 4.93. The lowest BCUT2D eigenvalue weighted by Crippen LogP contribution is -2.43. The molecule has 0 bridgehead atoms. The summed E-state index contributed by atoms with van der Waals surface area (Å²) in [7, 11) is -3.62. The molecule has 0 aliphatic carbocycles. The van der Waals surface area contributed by atoms with E-state index in [4.69, 9.17) is 4.98 Å². The topological polar surface area (TPSA) is 82.6 Å². The minimum absolute atomic E-state index is 0.0288. The Morgan fingerprint density at radius 1 is 0.956 bits per heavy atom. The number of carbonyl (C=O) groups is 1. The summed E-state index contributed by atoms with van der Waals surface area (Å²) in [5.74, 6) is -0.259. The van der Waals surface area contributed by atoms with Gasteiger partial charge in [-0.05, 0) is 73.2 Å². The number of para-hydroxylation sites is 1. The fourth-order valence-electron chi connectivity index (χ4n) is 6.51. The van der Waals surface area contributed by atoms with Gasteiger partial charge in [0.05, 0.1) is 15.1 Å². The lowest BCUT2D eigenvalue weighted by atomic mass is 10.0. The highest BCUT2D eigenvalue weighted by atomic mass is 32.2. The summed E-state index contributed by atoms with van der Waals surface area (Å²) in [4.78, 5) is 22.6. The Morgan fingerprint density at radius 3 is 2.51 bits per heavy atom. The van der Waals surface area contributed by atoms with Gasteiger partial charge in [0.15, 0.2) is 0 Å². The van der Waals surface area contributed by atoms with Crippen LogP contribution in [0.4, 0.5) is 5.00 Å². The maximum Gasteiger partial charge on any atom is 0.256 e. The second-order valence-corrected chi connectivity index (χ2v) is 15.8. The van der Waals surface area contributed by atoms with Gasteiger partial charge in [-0.3, -0.25) is 9.69 Å². The highest BCUT2D eigenvalue weighted by molar-refractivity contribution is 7.89. The van der Waals surface area contributed by atoms with Gasteiger partial charge >= 0.3 is 0 Å². The molecule has 1 saturated heterocycles. The number of carbonyl (C=O) groups excluding carboxylic acids is 1. The molecule has 0 radical (unpaired) electrons. The first kappa shape index (κ1) is 30.3. The van der Waals surface area contributed by atoms with E-state index < -0.39 is 10.0 Å². The van der Waals surface area contributed by atoms with E-state index >= 15 is 0 Å². The van der Waals surface area contributed by atoms with Gasteiger partial charge in [0.1, 0.15) is 10.0 Å². The van der Waals surface area contributed by atoms with Crippen molar-refractivity contribution in [2.45, 2.75) is 63.1 Å². The quantitative estimate of drug-likeness (QED) is 0.184. The number of fused-ring (bicyclic) bond motifs is 2. The number of anilines is 1. The molecule has 1 fully saturated rings. The van der Waals surface area contributed by atoms with Crippen LogP contribution in [0.3, 0.4) is 0 Å². The fourth-order valence-corrected chi connectivity index (χ4v) is 10.7. The molecule has 5 aromatic rings. The normalized spacial score (nSPS) is 17.8. The molecular weight excluding hydrogens is 621 g/mol. The SMILES string of the molecule is CC[C@H]1CCCCN1S(=O)(=O)c1ccc(C(=O)Nc2sc3c(c2-c2nc4ccccc4s2)CCN(Cc2ccccc2)C3)cc1. The molecule has 3 aromatic carbocycles. The number of sulfonamides is 1. The van der Waals surface area contributed by atoms with E-state index in [1.807, 2.05) is 31.2 Å². The zero-order valence-corrected chi connectivity index (χ0v) is 27.7. The highest BCUT2D eigenvalue weighted by Gasteiger charge is 2.33. The summed E-state index contributed by atoms with van der Waals surface area (Å²) in [6, 6.07) is 25.1. The number of nitrogens with zero attached hydrogens (tertiary/aromatic N) is 3. The van der Waals surface area contributed by atoms with Crippen LogP contribution in [-0.4, -0.2) is 47.6 Å². The van der Waals surface area contributed by atoms with Gasteiger partial charge in [-0.2, -0.15) is 4.31 Å². The number of aromatic nitrogens is 1. The third-order valence-corrected chi connectivity index (χ3v) is 13.0. The summed E-state index contributed by atoms with van der Waals surface area (Å²) in [5, 5.41) is 4.90. The van der Waals surface area contributed by atoms with Crippen LogP contribution in [0, 0.1) is 0 Å². The lowest BCUT2D eigenvalue weighted by Gasteiger charge is -2.34. The van der Waals surface area contributed by atoms with Crippen molar-refractivity contribution < 1.29 is 13.2 Å². The van der Waals surface area contributed by atoms with Crippen molar-refractivity contribution in [1.29, 1.82) is 0 Å². The summed E-state index contributed by atoms with van der Waals surface area (Å²) in [6.45, 7) is 5.20. The van der Waals surface area contributed by atoms with Crippen molar-refractivity contribution in [2.75, 3.05) is 18.4 Å². The summed E-state index contributed by atoms with van der Waals surface area (Å²) in [6.07, 6.45) is 4.50. The Bertz CT molecular complexity index is 1900. The third kappa shape index (κ3) is 6.09. The van der Waals surface area contributed by atoms with Crippen molar-refractivity contribution in [3.05, 3.63) is 100 Å². The first-order chi connectivity index (χ1) is 21.9. The Kier molecular flexibility index (Phi) is 8.58. The van der Waals surface area contributed by atoms with E-state index in [1.165, 1.54) is 16.0 Å². The smallest absolute Gasteiger partial charge is 0.256 e. The first-order valence-corrected chi connectivity index (χ1v) is 18.7. The number of rotatable bonds is 8. The minimum atomic E-state index is -3.62. The molecule has 45 heavy (non-hydrogen) atoms. The number of benzene rings is 3. The van der Waals surface area contributed by atoms with E-state index in [9.17, 15) is 13.2 Å². The van der Waals surface area contributed by atoms with Crippen LogP contribution < -0.4 is 5.32 Å². The van der Waals surface area contributed by atoms with Gasteiger partial charge in [0.25, 0.3) is 5.91 Å². The average Bonchev–Trinajstić information content (AvgIpc) is 3.65. The van der Waals surface area contributed by atoms with Gasteiger partial charge in [-0.15, -0.1) is 22.7 Å². The van der Waals surface area contributed by atoms with Gasteiger partial charge < -0.3 is 5.32 Å². The fraction of sp³-hybridized carbons (Fsp3) is 0.314. The number of nitrogens with one attached hydrogen (secondary N) is 1. The van der Waals surface area contributed by atoms with Crippen molar-refractivity contribution in [3.8, 4) is 10.6 Å². The molecule has 4 heterocycles. The highest BCUT2D eigenvalue weighted by Crippen LogP contribution is 2.46. The Morgan fingerprint density at radius 2 is 1.73 bits per heavy atom.